The smallest absolute Gasteiger partial charge is 0.256 e. The van der Waals surface area contributed by atoms with E-state index in [-0.39, 0.29) is 18.2 Å². The summed E-state index contributed by atoms with van der Waals surface area (Å²) in [5.74, 6) is -0.559. The van der Waals surface area contributed by atoms with Gasteiger partial charge in [-0.25, -0.2) is 4.90 Å². The number of halogens is 2. The van der Waals surface area contributed by atoms with Gasteiger partial charge in [0.2, 0.25) is 5.91 Å². The van der Waals surface area contributed by atoms with Crippen molar-refractivity contribution < 1.29 is 9.59 Å². The van der Waals surface area contributed by atoms with Crippen LogP contribution in [0.15, 0.2) is 36.4 Å². The first-order chi connectivity index (χ1) is 11.4. The van der Waals surface area contributed by atoms with Crippen LogP contribution in [0.1, 0.15) is 17.5 Å². The van der Waals surface area contributed by atoms with Crippen molar-refractivity contribution in [2.24, 2.45) is 0 Å². The van der Waals surface area contributed by atoms with Crippen molar-refractivity contribution in [1.82, 2.24) is 0 Å². The molecule has 0 radical (unpaired) electrons. The topological polar surface area (TPSA) is 49.4 Å². The van der Waals surface area contributed by atoms with Gasteiger partial charge in [0.1, 0.15) is 6.04 Å². The number of hydrogen-bond acceptors (Lipinski definition) is 3. The number of imide groups is 1. The first kappa shape index (κ1) is 16.8. The molecule has 1 saturated heterocycles. The van der Waals surface area contributed by atoms with E-state index in [9.17, 15) is 9.59 Å². The van der Waals surface area contributed by atoms with E-state index in [0.29, 0.717) is 15.7 Å². The van der Waals surface area contributed by atoms with Crippen LogP contribution in [-0.2, 0) is 9.59 Å². The highest BCUT2D eigenvalue weighted by Gasteiger charge is 2.39. The molecule has 0 aliphatic carbocycles. The summed E-state index contributed by atoms with van der Waals surface area (Å²) in [5.41, 5.74) is 3.55. The molecule has 1 aliphatic rings. The molecule has 0 saturated carbocycles. The lowest BCUT2D eigenvalue weighted by Gasteiger charge is -2.17. The van der Waals surface area contributed by atoms with Crippen molar-refractivity contribution in [2.45, 2.75) is 26.3 Å². The van der Waals surface area contributed by atoms with E-state index >= 15 is 0 Å². The Balaban J connectivity index is 1.83. The highest BCUT2D eigenvalue weighted by atomic mass is 35.5. The van der Waals surface area contributed by atoms with Gasteiger partial charge in [-0.05, 0) is 55.3 Å². The number of nitrogens with one attached hydrogen (secondary N) is 1. The molecule has 0 aromatic heterocycles. The molecule has 6 heteroatoms. The Morgan fingerprint density at radius 2 is 1.75 bits per heavy atom. The van der Waals surface area contributed by atoms with E-state index in [1.807, 2.05) is 32.0 Å². The van der Waals surface area contributed by atoms with Gasteiger partial charge in [0, 0.05) is 5.69 Å². The van der Waals surface area contributed by atoms with Gasteiger partial charge in [-0.3, -0.25) is 9.59 Å². The monoisotopic (exact) mass is 362 g/mol. The van der Waals surface area contributed by atoms with Crippen LogP contribution in [0.25, 0.3) is 0 Å². The Morgan fingerprint density at radius 1 is 1.00 bits per heavy atom. The van der Waals surface area contributed by atoms with Crippen LogP contribution in [0, 0.1) is 13.8 Å². The van der Waals surface area contributed by atoms with Crippen molar-refractivity contribution in [3.63, 3.8) is 0 Å². The fourth-order valence-electron chi connectivity index (χ4n) is 2.67. The molecule has 1 atom stereocenters. The van der Waals surface area contributed by atoms with Crippen LogP contribution >= 0.6 is 23.2 Å². The normalized spacial score (nSPS) is 17.5. The summed E-state index contributed by atoms with van der Waals surface area (Å²) < 4.78 is 0. The first-order valence-corrected chi connectivity index (χ1v) is 8.28. The predicted molar refractivity (Wildman–Crippen MR) is 96.9 cm³/mol. The lowest BCUT2D eigenvalue weighted by atomic mass is 10.1. The number of hydrogen-bond donors (Lipinski definition) is 1. The minimum absolute atomic E-state index is 0.103. The molecule has 2 amide bonds. The fourth-order valence-corrected chi connectivity index (χ4v) is 2.96. The van der Waals surface area contributed by atoms with Gasteiger partial charge in [-0.15, -0.1) is 0 Å². The summed E-state index contributed by atoms with van der Waals surface area (Å²) >= 11 is 11.9. The molecule has 124 valence electrons. The third kappa shape index (κ3) is 3.12. The van der Waals surface area contributed by atoms with Crippen LogP contribution in [0.5, 0.6) is 0 Å². The number of rotatable bonds is 3. The Bertz CT molecular complexity index is 836. The zero-order valence-electron chi connectivity index (χ0n) is 13.3. The molecule has 1 N–H and O–H groups in total. The molecular weight excluding hydrogens is 347 g/mol. The third-order valence-corrected chi connectivity index (χ3v) is 4.89. The number of nitrogens with zero attached hydrogens (tertiary/aromatic N) is 1. The highest BCUT2D eigenvalue weighted by Crippen LogP contribution is 2.31. The molecule has 2 aromatic carbocycles. The van der Waals surface area contributed by atoms with Gasteiger partial charge in [-0.1, -0.05) is 29.3 Å². The molecule has 2 aromatic rings. The zero-order chi connectivity index (χ0) is 17.4. The third-order valence-electron chi connectivity index (χ3n) is 4.16. The molecule has 0 spiro atoms. The van der Waals surface area contributed by atoms with E-state index < -0.39 is 6.04 Å². The molecule has 4 nitrogen and oxygen atoms in total. The zero-order valence-corrected chi connectivity index (χ0v) is 14.8. The summed E-state index contributed by atoms with van der Waals surface area (Å²) in [4.78, 5) is 26.1. The number of carbonyl (C=O) groups is 2. The van der Waals surface area contributed by atoms with E-state index in [0.717, 1.165) is 16.2 Å². The van der Waals surface area contributed by atoms with Gasteiger partial charge in [-0.2, -0.15) is 0 Å². The van der Waals surface area contributed by atoms with E-state index in [2.05, 4.69) is 5.32 Å². The molecule has 1 aliphatic heterocycles. The Labute approximate surface area is 150 Å². The summed E-state index contributed by atoms with van der Waals surface area (Å²) in [6.07, 6.45) is 0.103. The second-order valence-electron chi connectivity index (χ2n) is 5.87. The van der Waals surface area contributed by atoms with Crippen molar-refractivity contribution in [2.75, 3.05) is 10.2 Å². The average molecular weight is 363 g/mol. The highest BCUT2D eigenvalue weighted by molar-refractivity contribution is 6.42. The van der Waals surface area contributed by atoms with Crippen LogP contribution in [0.4, 0.5) is 11.4 Å². The molecule has 0 unspecified atom stereocenters. The number of anilines is 2. The number of aryl methyl sites for hydroxylation is 2. The minimum atomic E-state index is -0.589. The lowest BCUT2D eigenvalue weighted by molar-refractivity contribution is -0.121. The van der Waals surface area contributed by atoms with Crippen molar-refractivity contribution in [3.8, 4) is 0 Å². The fraction of sp³-hybridized carbons (Fsp3) is 0.222. The van der Waals surface area contributed by atoms with Gasteiger partial charge < -0.3 is 5.32 Å². The SMILES string of the molecule is Cc1ccc(N[C@@H]2CC(=O)N(c3ccc(Cl)c(Cl)c3)C2=O)cc1C. The molecule has 1 fully saturated rings. The Hall–Kier alpha value is -2.04. The van der Waals surface area contributed by atoms with Gasteiger partial charge in [0.15, 0.2) is 0 Å². The van der Waals surface area contributed by atoms with Crippen LogP contribution in [0.3, 0.4) is 0 Å². The van der Waals surface area contributed by atoms with Gasteiger partial charge >= 0.3 is 0 Å². The van der Waals surface area contributed by atoms with Crippen molar-refractivity contribution >= 4 is 46.4 Å². The maximum absolute atomic E-state index is 12.6. The number of benzene rings is 2. The second kappa shape index (κ2) is 6.46. The van der Waals surface area contributed by atoms with Crippen LogP contribution in [0.2, 0.25) is 10.0 Å². The standard InChI is InChI=1S/C18H16Cl2N2O2/c1-10-3-4-12(7-11(10)2)21-16-9-17(23)22(18(16)24)13-5-6-14(19)15(20)8-13/h3-8,16,21H,9H2,1-2H3/t16-/m1/s1. The largest absolute Gasteiger partial charge is 0.373 e. The quantitative estimate of drug-likeness (QED) is 0.825. The maximum atomic E-state index is 12.6. The predicted octanol–water partition coefficient (Wildman–Crippen LogP) is 4.35. The van der Waals surface area contributed by atoms with E-state index in [1.54, 1.807) is 12.1 Å². The van der Waals surface area contributed by atoms with Crippen molar-refractivity contribution in [1.29, 1.82) is 0 Å². The van der Waals surface area contributed by atoms with Crippen LogP contribution < -0.4 is 10.2 Å². The second-order valence-corrected chi connectivity index (χ2v) is 6.68. The molecule has 0 bridgehead atoms. The number of amides is 2. The summed E-state index contributed by atoms with van der Waals surface area (Å²) in [7, 11) is 0. The summed E-state index contributed by atoms with van der Waals surface area (Å²) in [6, 6.07) is 9.98. The van der Waals surface area contributed by atoms with Gasteiger partial charge in [0.05, 0.1) is 22.2 Å². The van der Waals surface area contributed by atoms with Crippen molar-refractivity contribution in [3.05, 3.63) is 57.6 Å². The Morgan fingerprint density at radius 3 is 2.42 bits per heavy atom. The number of carbonyl (C=O) groups excluding carboxylic acids is 2. The molecular formula is C18H16Cl2N2O2. The average Bonchev–Trinajstić information content (AvgIpc) is 2.80. The molecule has 24 heavy (non-hydrogen) atoms. The first-order valence-electron chi connectivity index (χ1n) is 7.52. The molecule has 3 rings (SSSR count). The summed E-state index contributed by atoms with van der Waals surface area (Å²) in [6.45, 7) is 4.03. The maximum Gasteiger partial charge on any atom is 0.256 e. The van der Waals surface area contributed by atoms with E-state index in [4.69, 9.17) is 23.2 Å². The molecule has 1 heterocycles. The van der Waals surface area contributed by atoms with E-state index in [1.165, 1.54) is 11.6 Å². The summed E-state index contributed by atoms with van der Waals surface area (Å²) in [5, 5.41) is 3.83. The van der Waals surface area contributed by atoms with Crippen LogP contribution in [-0.4, -0.2) is 17.9 Å². The minimum Gasteiger partial charge on any atom is -0.373 e. The van der Waals surface area contributed by atoms with Gasteiger partial charge in [0.25, 0.3) is 5.91 Å². The lowest BCUT2D eigenvalue weighted by Crippen LogP contribution is -2.34. The Kier molecular flexibility index (Phi) is 4.52.